The molecule has 1 saturated heterocycles. The van der Waals surface area contributed by atoms with Crippen molar-refractivity contribution >= 4 is 5.91 Å². The molecule has 3 nitrogen and oxygen atoms in total. The number of carbonyl (C=O) groups excluding carboxylic acids is 1. The van der Waals surface area contributed by atoms with Crippen molar-refractivity contribution in [2.24, 2.45) is 17.3 Å². The second-order valence-corrected chi connectivity index (χ2v) is 7.68. The number of rotatable bonds is 5. The van der Waals surface area contributed by atoms with Gasteiger partial charge in [0.15, 0.2) is 0 Å². The Morgan fingerprint density at radius 1 is 1.35 bits per heavy atom. The van der Waals surface area contributed by atoms with Gasteiger partial charge in [-0.05, 0) is 43.1 Å². The molecule has 1 spiro atoms. The third-order valence-electron chi connectivity index (χ3n) is 6.20. The Morgan fingerprint density at radius 2 is 2.04 bits per heavy atom. The van der Waals surface area contributed by atoms with Crippen LogP contribution in [0.25, 0.3) is 0 Å². The molecular weight excluding hydrogens is 286 g/mol. The monoisotopic (exact) mass is 315 g/mol. The van der Waals surface area contributed by atoms with Gasteiger partial charge in [0.2, 0.25) is 5.91 Å². The molecule has 2 fully saturated rings. The van der Waals surface area contributed by atoms with Crippen molar-refractivity contribution in [3.8, 4) is 0 Å². The molecule has 3 heteroatoms. The molecule has 3 atom stereocenters. The number of amides is 1. The predicted octanol–water partition coefficient (Wildman–Crippen LogP) is 3.44. The van der Waals surface area contributed by atoms with Crippen LogP contribution in [0, 0.1) is 17.3 Å². The first-order valence-corrected chi connectivity index (χ1v) is 9.03. The molecule has 1 heterocycles. The van der Waals surface area contributed by atoms with Crippen LogP contribution in [0.3, 0.4) is 0 Å². The summed E-state index contributed by atoms with van der Waals surface area (Å²) in [5.41, 5.74) is 1.80. The van der Waals surface area contributed by atoms with Crippen LogP contribution in [0.2, 0.25) is 0 Å². The molecule has 1 aliphatic heterocycles. The molecule has 1 amide bonds. The number of aliphatic hydroxyl groups is 1. The lowest BCUT2D eigenvalue weighted by atomic mass is 9.75. The summed E-state index contributed by atoms with van der Waals surface area (Å²) < 4.78 is 0. The zero-order valence-electron chi connectivity index (χ0n) is 14.4. The molecule has 0 aromatic heterocycles. The Kier molecular flexibility index (Phi) is 4.77. The van der Waals surface area contributed by atoms with Gasteiger partial charge in [0, 0.05) is 18.5 Å². The van der Waals surface area contributed by atoms with Crippen molar-refractivity contribution in [2.75, 3.05) is 19.7 Å². The number of aliphatic hydroxyl groups excluding tert-OH is 1. The maximum absolute atomic E-state index is 12.3. The first kappa shape index (κ1) is 16.5. The van der Waals surface area contributed by atoms with Gasteiger partial charge < -0.3 is 10.0 Å². The Bertz CT molecular complexity index is 532. The minimum atomic E-state index is -0.201. The molecule has 1 aromatic rings. The summed E-state index contributed by atoms with van der Waals surface area (Å²) in [6, 6.07) is 10.8. The summed E-state index contributed by atoms with van der Waals surface area (Å²) in [5, 5.41) is 9.32. The summed E-state index contributed by atoms with van der Waals surface area (Å²) in [6.45, 7) is 6.11. The maximum Gasteiger partial charge on any atom is 0.228 e. The van der Waals surface area contributed by atoms with E-state index in [1.54, 1.807) is 0 Å². The van der Waals surface area contributed by atoms with Crippen molar-refractivity contribution in [3.05, 3.63) is 35.9 Å². The lowest BCUT2D eigenvalue weighted by molar-refractivity contribution is -0.149. The Balaban J connectivity index is 1.56. The van der Waals surface area contributed by atoms with E-state index in [1.165, 1.54) is 24.8 Å². The number of hydrogen-bond acceptors (Lipinski definition) is 2. The van der Waals surface area contributed by atoms with Gasteiger partial charge in [-0.25, -0.2) is 0 Å². The molecule has 1 N–H and O–H groups in total. The second kappa shape index (κ2) is 6.64. The number of carbonyl (C=O) groups is 1. The molecule has 0 bridgehead atoms. The van der Waals surface area contributed by atoms with Crippen LogP contribution < -0.4 is 0 Å². The predicted molar refractivity (Wildman–Crippen MR) is 92.1 cm³/mol. The van der Waals surface area contributed by atoms with E-state index in [9.17, 15) is 9.90 Å². The summed E-state index contributed by atoms with van der Waals surface area (Å²) >= 11 is 0. The number of likely N-dealkylation sites (tertiary alicyclic amines) is 1. The number of benzene rings is 1. The van der Waals surface area contributed by atoms with Crippen LogP contribution in [0.15, 0.2) is 30.3 Å². The summed E-state index contributed by atoms with van der Waals surface area (Å²) in [7, 11) is 0. The summed E-state index contributed by atoms with van der Waals surface area (Å²) in [6.07, 6.45) is 4.49. The van der Waals surface area contributed by atoms with Crippen molar-refractivity contribution < 1.29 is 9.90 Å². The van der Waals surface area contributed by atoms with E-state index in [0.717, 1.165) is 25.4 Å². The fourth-order valence-electron chi connectivity index (χ4n) is 4.55. The Hall–Kier alpha value is -1.35. The largest absolute Gasteiger partial charge is 0.396 e. The molecule has 126 valence electrons. The van der Waals surface area contributed by atoms with Crippen LogP contribution in [-0.2, 0) is 4.79 Å². The maximum atomic E-state index is 12.3. The second-order valence-electron chi connectivity index (χ2n) is 7.68. The Labute approximate surface area is 139 Å². The van der Waals surface area contributed by atoms with Gasteiger partial charge >= 0.3 is 0 Å². The van der Waals surface area contributed by atoms with E-state index in [-0.39, 0.29) is 18.4 Å². The van der Waals surface area contributed by atoms with Crippen molar-refractivity contribution in [1.29, 1.82) is 0 Å². The zero-order chi connectivity index (χ0) is 16.4. The average molecular weight is 315 g/mol. The van der Waals surface area contributed by atoms with E-state index in [4.69, 9.17) is 0 Å². The topological polar surface area (TPSA) is 40.5 Å². The molecule has 23 heavy (non-hydrogen) atoms. The fourth-order valence-corrected chi connectivity index (χ4v) is 4.55. The lowest BCUT2D eigenvalue weighted by Gasteiger charge is -2.49. The molecule has 1 saturated carbocycles. The third-order valence-corrected chi connectivity index (χ3v) is 6.20. The number of nitrogens with zero attached hydrogens (tertiary/aromatic N) is 1. The molecule has 2 aliphatic rings. The van der Waals surface area contributed by atoms with Crippen LogP contribution in [0.1, 0.15) is 51.0 Å². The first-order valence-electron chi connectivity index (χ1n) is 9.03. The van der Waals surface area contributed by atoms with Crippen molar-refractivity contribution in [1.82, 2.24) is 4.90 Å². The van der Waals surface area contributed by atoms with Crippen LogP contribution in [0.4, 0.5) is 0 Å². The van der Waals surface area contributed by atoms with Gasteiger partial charge in [-0.2, -0.15) is 0 Å². The molecule has 0 radical (unpaired) electrons. The SMILES string of the molecule is CC[C@H](CO)C(=O)N1CC2(CC[C@@H]([C@@H](C)c3ccccc3)C2)C1. The van der Waals surface area contributed by atoms with E-state index in [1.807, 2.05) is 11.8 Å². The van der Waals surface area contributed by atoms with Crippen LogP contribution in [0.5, 0.6) is 0 Å². The van der Waals surface area contributed by atoms with Gasteiger partial charge in [-0.3, -0.25) is 4.79 Å². The van der Waals surface area contributed by atoms with Gasteiger partial charge in [-0.1, -0.05) is 44.2 Å². The highest BCUT2D eigenvalue weighted by atomic mass is 16.3. The minimum absolute atomic E-state index is 0.0213. The number of hydrogen-bond donors (Lipinski definition) is 1. The summed E-state index contributed by atoms with van der Waals surface area (Å²) in [4.78, 5) is 14.3. The highest BCUT2D eigenvalue weighted by Crippen LogP contribution is 2.52. The van der Waals surface area contributed by atoms with E-state index < -0.39 is 0 Å². The minimum Gasteiger partial charge on any atom is -0.396 e. The van der Waals surface area contributed by atoms with Gasteiger partial charge in [0.1, 0.15) is 0 Å². The lowest BCUT2D eigenvalue weighted by Crippen LogP contribution is -2.59. The third kappa shape index (κ3) is 3.16. The fraction of sp³-hybridized carbons (Fsp3) is 0.650. The van der Waals surface area contributed by atoms with E-state index >= 15 is 0 Å². The molecular formula is C20H29NO2. The van der Waals surface area contributed by atoms with Gasteiger partial charge in [-0.15, -0.1) is 0 Å². The van der Waals surface area contributed by atoms with E-state index in [0.29, 0.717) is 11.3 Å². The van der Waals surface area contributed by atoms with Crippen LogP contribution in [-0.4, -0.2) is 35.6 Å². The standard InChI is InChI=1S/C20H29NO2/c1-3-16(12-22)19(23)21-13-20(14-21)10-9-18(11-20)15(2)17-7-5-4-6-8-17/h4-8,15-16,18,22H,3,9-14H2,1-2H3/t15-,16+,18+/m0/s1. The van der Waals surface area contributed by atoms with Crippen molar-refractivity contribution in [2.45, 2.75) is 45.4 Å². The normalized spacial score (nSPS) is 25.2. The van der Waals surface area contributed by atoms with Gasteiger partial charge in [0.05, 0.1) is 12.5 Å². The van der Waals surface area contributed by atoms with Crippen molar-refractivity contribution in [3.63, 3.8) is 0 Å². The highest BCUT2D eigenvalue weighted by molar-refractivity contribution is 5.80. The molecule has 3 rings (SSSR count). The molecule has 0 unspecified atom stereocenters. The summed E-state index contributed by atoms with van der Waals surface area (Å²) in [5.74, 6) is 1.28. The van der Waals surface area contributed by atoms with Crippen LogP contribution >= 0.6 is 0 Å². The smallest absolute Gasteiger partial charge is 0.228 e. The van der Waals surface area contributed by atoms with E-state index in [2.05, 4.69) is 37.3 Å². The zero-order valence-corrected chi connectivity index (χ0v) is 14.4. The van der Waals surface area contributed by atoms with Gasteiger partial charge in [0.25, 0.3) is 0 Å². The quantitative estimate of drug-likeness (QED) is 0.904. The average Bonchev–Trinajstić information content (AvgIpc) is 3.00. The molecule has 1 aliphatic carbocycles. The molecule has 1 aromatic carbocycles. The highest BCUT2D eigenvalue weighted by Gasteiger charge is 2.50. The Morgan fingerprint density at radius 3 is 2.65 bits per heavy atom. The first-order chi connectivity index (χ1) is 11.1.